The van der Waals surface area contributed by atoms with Crippen LogP contribution in [0.4, 0.5) is 0 Å². The Hall–Kier alpha value is -0.860. The van der Waals surface area contributed by atoms with Crippen molar-refractivity contribution >= 4 is 0 Å². The van der Waals surface area contributed by atoms with Gasteiger partial charge in [-0.15, -0.1) is 0 Å². The first-order chi connectivity index (χ1) is 9.72. The zero-order chi connectivity index (χ0) is 13.6. The summed E-state index contributed by atoms with van der Waals surface area (Å²) in [4.78, 5) is 0. The molecule has 2 heteroatoms. The molecule has 0 heterocycles. The van der Waals surface area contributed by atoms with Gasteiger partial charge in [0.15, 0.2) is 0 Å². The second-order valence-electron chi connectivity index (χ2n) is 7.51. The summed E-state index contributed by atoms with van der Waals surface area (Å²) in [7, 11) is 0. The van der Waals surface area contributed by atoms with Crippen LogP contribution in [0, 0.1) is 17.8 Å². The summed E-state index contributed by atoms with van der Waals surface area (Å²) in [6.07, 6.45) is 8.10. The lowest BCUT2D eigenvalue weighted by atomic mass is 9.53. The summed E-state index contributed by atoms with van der Waals surface area (Å²) in [6.45, 7) is 0.705. The molecule has 0 aromatic heterocycles. The van der Waals surface area contributed by atoms with Gasteiger partial charge in [-0.3, -0.25) is 0 Å². The molecule has 4 bridgehead atoms. The molecule has 4 fully saturated rings. The number of nitrogens with one attached hydrogen (secondary N) is 1. The van der Waals surface area contributed by atoms with E-state index >= 15 is 0 Å². The first-order valence-electron chi connectivity index (χ1n) is 8.20. The Balaban J connectivity index is 1.42. The molecule has 4 aliphatic carbocycles. The SMILES string of the molecule is OC(CNC12CC3CC(CC(C3)C1)C2)c1ccccc1. The lowest BCUT2D eigenvalue weighted by Gasteiger charge is -2.57. The van der Waals surface area contributed by atoms with Gasteiger partial charge in [-0.1, -0.05) is 30.3 Å². The highest BCUT2D eigenvalue weighted by Gasteiger charge is 2.50. The average molecular weight is 271 g/mol. The molecule has 0 radical (unpaired) electrons. The number of aliphatic hydroxyl groups is 1. The molecular formula is C18H25NO. The molecule has 0 spiro atoms. The van der Waals surface area contributed by atoms with Gasteiger partial charge in [0, 0.05) is 12.1 Å². The van der Waals surface area contributed by atoms with Gasteiger partial charge in [0.25, 0.3) is 0 Å². The van der Waals surface area contributed by atoms with Crippen LogP contribution in [0.15, 0.2) is 30.3 Å². The normalized spacial score (nSPS) is 40.0. The van der Waals surface area contributed by atoms with Gasteiger partial charge >= 0.3 is 0 Å². The Labute approximate surface area is 121 Å². The van der Waals surface area contributed by atoms with Crippen LogP contribution in [0.2, 0.25) is 0 Å². The summed E-state index contributed by atoms with van der Waals surface area (Å²) in [5.41, 5.74) is 1.38. The van der Waals surface area contributed by atoms with E-state index in [1.54, 1.807) is 0 Å². The molecule has 5 rings (SSSR count). The van der Waals surface area contributed by atoms with Gasteiger partial charge in [0.05, 0.1) is 6.10 Å². The Morgan fingerprint density at radius 1 is 1.00 bits per heavy atom. The summed E-state index contributed by atoms with van der Waals surface area (Å²) in [6, 6.07) is 10.0. The van der Waals surface area contributed by atoms with E-state index in [1.165, 1.54) is 38.5 Å². The number of hydrogen-bond acceptors (Lipinski definition) is 2. The van der Waals surface area contributed by atoms with Gasteiger partial charge in [0.2, 0.25) is 0 Å². The van der Waals surface area contributed by atoms with Crippen molar-refractivity contribution < 1.29 is 5.11 Å². The molecule has 4 aliphatic rings. The van der Waals surface area contributed by atoms with E-state index in [2.05, 4.69) is 5.32 Å². The quantitative estimate of drug-likeness (QED) is 0.881. The van der Waals surface area contributed by atoms with Crippen molar-refractivity contribution in [3.05, 3.63) is 35.9 Å². The van der Waals surface area contributed by atoms with E-state index in [0.29, 0.717) is 12.1 Å². The molecule has 1 unspecified atom stereocenters. The fraction of sp³-hybridized carbons (Fsp3) is 0.667. The van der Waals surface area contributed by atoms with E-state index in [0.717, 1.165) is 23.3 Å². The Morgan fingerprint density at radius 3 is 2.10 bits per heavy atom. The molecule has 2 N–H and O–H groups in total. The monoisotopic (exact) mass is 271 g/mol. The predicted octanol–water partition coefficient (Wildman–Crippen LogP) is 3.28. The molecule has 0 aliphatic heterocycles. The van der Waals surface area contributed by atoms with E-state index < -0.39 is 0 Å². The molecule has 0 amide bonds. The molecule has 1 aromatic carbocycles. The van der Waals surface area contributed by atoms with Crippen LogP contribution < -0.4 is 5.32 Å². The predicted molar refractivity (Wildman–Crippen MR) is 80.3 cm³/mol. The number of rotatable bonds is 4. The van der Waals surface area contributed by atoms with Crippen molar-refractivity contribution in [2.75, 3.05) is 6.54 Å². The average Bonchev–Trinajstić information content (AvgIpc) is 2.44. The molecule has 4 saturated carbocycles. The summed E-state index contributed by atoms with van der Waals surface area (Å²) < 4.78 is 0. The Bertz CT molecular complexity index is 434. The van der Waals surface area contributed by atoms with Crippen molar-refractivity contribution in [2.45, 2.75) is 50.2 Å². The highest BCUT2D eigenvalue weighted by atomic mass is 16.3. The molecule has 1 atom stereocenters. The van der Waals surface area contributed by atoms with Gasteiger partial charge in [-0.2, -0.15) is 0 Å². The highest BCUT2D eigenvalue weighted by molar-refractivity contribution is 5.18. The van der Waals surface area contributed by atoms with E-state index in [4.69, 9.17) is 0 Å². The van der Waals surface area contributed by atoms with Gasteiger partial charge in [0.1, 0.15) is 0 Å². The standard InChI is InChI=1S/C18H25NO/c20-17(16-4-2-1-3-5-16)12-19-18-9-13-6-14(10-18)8-15(7-13)11-18/h1-5,13-15,17,19-20H,6-12H2. The summed E-state index contributed by atoms with van der Waals surface area (Å²) >= 11 is 0. The van der Waals surface area contributed by atoms with Crippen LogP contribution in [0.5, 0.6) is 0 Å². The molecular weight excluding hydrogens is 246 g/mol. The smallest absolute Gasteiger partial charge is 0.0914 e. The largest absolute Gasteiger partial charge is 0.387 e. The van der Waals surface area contributed by atoms with E-state index in [9.17, 15) is 5.11 Å². The second kappa shape index (κ2) is 4.85. The van der Waals surface area contributed by atoms with E-state index in [1.807, 2.05) is 30.3 Å². The van der Waals surface area contributed by atoms with Crippen LogP contribution in [0.1, 0.15) is 50.2 Å². The van der Waals surface area contributed by atoms with Crippen molar-refractivity contribution in [1.29, 1.82) is 0 Å². The van der Waals surface area contributed by atoms with Crippen LogP contribution >= 0.6 is 0 Å². The number of benzene rings is 1. The van der Waals surface area contributed by atoms with Gasteiger partial charge in [-0.05, 0) is 61.8 Å². The Morgan fingerprint density at radius 2 is 1.55 bits per heavy atom. The van der Waals surface area contributed by atoms with Crippen molar-refractivity contribution in [2.24, 2.45) is 17.8 Å². The molecule has 20 heavy (non-hydrogen) atoms. The van der Waals surface area contributed by atoms with Crippen LogP contribution in [0.3, 0.4) is 0 Å². The zero-order valence-corrected chi connectivity index (χ0v) is 12.1. The number of β-amino-alcohol motifs (C(OH)–C–C–N with tert-alkyl or cyclic N) is 1. The lowest BCUT2D eigenvalue weighted by Crippen LogP contribution is -2.59. The van der Waals surface area contributed by atoms with Crippen molar-refractivity contribution in [3.8, 4) is 0 Å². The second-order valence-corrected chi connectivity index (χ2v) is 7.51. The van der Waals surface area contributed by atoms with Crippen LogP contribution in [-0.2, 0) is 0 Å². The maximum Gasteiger partial charge on any atom is 0.0914 e. The van der Waals surface area contributed by atoms with Crippen molar-refractivity contribution in [3.63, 3.8) is 0 Å². The minimum atomic E-state index is -0.371. The van der Waals surface area contributed by atoms with E-state index in [-0.39, 0.29) is 6.10 Å². The molecule has 1 aromatic rings. The summed E-state index contributed by atoms with van der Waals surface area (Å²) in [5, 5.41) is 14.1. The van der Waals surface area contributed by atoms with Crippen molar-refractivity contribution in [1.82, 2.24) is 5.32 Å². The topological polar surface area (TPSA) is 32.3 Å². The van der Waals surface area contributed by atoms with Gasteiger partial charge in [-0.25, -0.2) is 0 Å². The minimum absolute atomic E-state index is 0.352. The van der Waals surface area contributed by atoms with Crippen LogP contribution in [-0.4, -0.2) is 17.2 Å². The third-order valence-electron chi connectivity index (χ3n) is 5.89. The molecule has 2 nitrogen and oxygen atoms in total. The maximum atomic E-state index is 10.4. The Kier molecular flexibility index (Phi) is 3.12. The molecule has 0 saturated heterocycles. The third-order valence-corrected chi connectivity index (χ3v) is 5.89. The fourth-order valence-electron chi connectivity index (χ4n) is 5.43. The highest BCUT2D eigenvalue weighted by Crippen LogP contribution is 2.55. The third kappa shape index (κ3) is 2.29. The fourth-order valence-corrected chi connectivity index (χ4v) is 5.43. The maximum absolute atomic E-state index is 10.4. The first-order valence-corrected chi connectivity index (χ1v) is 8.20. The first kappa shape index (κ1) is 12.8. The van der Waals surface area contributed by atoms with Gasteiger partial charge < -0.3 is 10.4 Å². The minimum Gasteiger partial charge on any atom is -0.387 e. The summed E-state index contributed by atoms with van der Waals surface area (Å²) in [5.74, 6) is 2.88. The number of hydrogen-bond donors (Lipinski definition) is 2. The zero-order valence-electron chi connectivity index (χ0n) is 12.1. The van der Waals surface area contributed by atoms with Crippen LogP contribution in [0.25, 0.3) is 0 Å². The lowest BCUT2D eigenvalue weighted by molar-refractivity contribution is -0.0248. The number of aliphatic hydroxyl groups excluding tert-OH is 1. The molecule has 108 valence electrons.